The number of piperidine rings is 1. The van der Waals surface area contributed by atoms with Crippen LogP contribution in [0.5, 0.6) is 0 Å². The standard InChI is InChI=1S/C14H21NO4/c1-13(2,3)19-12(18)15-10(16)8-14(9-11(15)17)6-4-5-7-14/h4-9H2,1-3H3. The van der Waals surface area contributed by atoms with Crippen LogP contribution in [0.15, 0.2) is 0 Å². The van der Waals surface area contributed by atoms with Gasteiger partial charge in [0.1, 0.15) is 5.60 Å². The lowest BCUT2D eigenvalue weighted by Crippen LogP contribution is -2.51. The molecule has 3 amide bonds. The third-order valence-electron chi connectivity index (χ3n) is 3.79. The molecule has 1 spiro atoms. The highest BCUT2D eigenvalue weighted by atomic mass is 16.6. The summed E-state index contributed by atoms with van der Waals surface area (Å²) in [4.78, 5) is 36.8. The lowest BCUT2D eigenvalue weighted by Gasteiger charge is -2.36. The largest absolute Gasteiger partial charge is 0.443 e. The first-order valence-corrected chi connectivity index (χ1v) is 6.81. The van der Waals surface area contributed by atoms with Crippen LogP contribution in [-0.2, 0) is 14.3 Å². The van der Waals surface area contributed by atoms with Gasteiger partial charge in [0.2, 0.25) is 11.8 Å². The van der Waals surface area contributed by atoms with Gasteiger partial charge in [-0.05, 0) is 39.0 Å². The summed E-state index contributed by atoms with van der Waals surface area (Å²) in [6.45, 7) is 5.13. The lowest BCUT2D eigenvalue weighted by molar-refractivity contribution is -0.151. The van der Waals surface area contributed by atoms with Gasteiger partial charge in [-0.2, -0.15) is 4.90 Å². The van der Waals surface area contributed by atoms with Gasteiger partial charge in [-0.15, -0.1) is 0 Å². The molecule has 2 rings (SSSR count). The van der Waals surface area contributed by atoms with Crippen molar-refractivity contribution in [1.29, 1.82) is 0 Å². The number of hydrogen-bond acceptors (Lipinski definition) is 4. The van der Waals surface area contributed by atoms with Gasteiger partial charge in [0.15, 0.2) is 0 Å². The number of likely N-dealkylation sites (tertiary alicyclic amines) is 1. The van der Waals surface area contributed by atoms with Crippen LogP contribution in [0.4, 0.5) is 4.79 Å². The normalized spacial score (nSPS) is 23.0. The maximum atomic E-state index is 12.1. The molecule has 0 radical (unpaired) electrons. The monoisotopic (exact) mass is 267 g/mol. The van der Waals surface area contributed by atoms with Crippen LogP contribution >= 0.6 is 0 Å². The third kappa shape index (κ3) is 2.96. The van der Waals surface area contributed by atoms with Gasteiger partial charge in [0.25, 0.3) is 0 Å². The van der Waals surface area contributed by atoms with Crippen LogP contribution < -0.4 is 0 Å². The number of carbonyl (C=O) groups excluding carboxylic acids is 3. The zero-order valence-corrected chi connectivity index (χ0v) is 11.8. The molecule has 2 fully saturated rings. The molecule has 106 valence electrons. The first kappa shape index (κ1) is 14.0. The number of hydrogen-bond donors (Lipinski definition) is 0. The van der Waals surface area contributed by atoms with Crippen LogP contribution in [0.1, 0.15) is 59.3 Å². The summed E-state index contributed by atoms with van der Waals surface area (Å²) in [6, 6.07) is 0. The summed E-state index contributed by atoms with van der Waals surface area (Å²) in [6.07, 6.45) is 3.69. The smallest absolute Gasteiger partial charge is 0.424 e. The van der Waals surface area contributed by atoms with Gasteiger partial charge in [-0.1, -0.05) is 12.8 Å². The Kier molecular flexibility index (Phi) is 3.41. The Balaban J connectivity index is 2.10. The van der Waals surface area contributed by atoms with E-state index in [0.29, 0.717) is 4.90 Å². The Hall–Kier alpha value is -1.39. The van der Waals surface area contributed by atoms with E-state index in [1.165, 1.54) is 0 Å². The van der Waals surface area contributed by atoms with Crippen LogP contribution in [-0.4, -0.2) is 28.4 Å². The molecule has 1 aliphatic carbocycles. The molecular weight excluding hydrogens is 246 g/mol. The molecule has 0 N–H and O–H groups in total. The molecule has 5 heteroatoms. The third-order valence-corrected chi connectivity index (χ3v) is 3.79. The van der Waals surface area contributed by atoms with Gasteiger partial charge in [0, 0.05) is 12.8 Å². The van der Waals surface area contributed by atoms with Gasteiger partial charge >= 0.3 is 6.09 Å². The summed E-state index contributed by atoms with van der Waals surface area (Å²) in [7, 11) is 0. The predicted octanol–water partition coefficient (Wildman–Crippen LogP) is 2.63. The fourth-order valence-corrected chi connectivity index (χ4v) is 2.99. The fraction of sp³-hybridized carbons (Fsp3) is 0.786. The van der Waals surface area contributed by atoms with Crippen molar-refractivity contribution in [3.8, 4) is 0 Å². The SMILES string of the molecule is CC(C)(C)OC(=O)N1C(=O)CC2(CCCC2)CC1=O. The van der Waals surface area contributed by atoms with E-state index in [9.17, 15) is 14.4 Å². The van der Waals surface area contributed by atoms with E-state index in [1.54, 1.807) is 20.8 Å². The zero-order valence-electron chi connectivity index (χ0n) is 11.8. The van der Waals surface area contributed by atoms with Gasteiger partial charge in [0.05, 0.1) is 0 Å². The Morgan fingerprint density at radius 2 is 1.58 bits per heavy atom. The molecule has 0 aromatic rings. The van der Waals surface area contributed by atoms with E-state index in [-0.39, 0.29) is 18.3 Å². The Morgan fingerprint density at radius 1 is 1.11 bits per heavy atom. The number of amides is 3. The average molecular weight is 267 g/mol. The topological polar surface area (TPSA) is 63.7 Å². The predicted molar refractivity (Wildman–Crippen MR) is 68.2 cm³/mol. The zero-order chi connectivity index (χ0) is 14.3. The van der Waals surface area contributed by atoms with E-state index in [1.807, 2.05) is 0 Å². The van der Waals surface area contributed by atoms with Crippen molar-refractivity contribution >= 4 is 17.9 Å². The first-order valence-electron chi connectivity index (χ1n) is 6.81. The van der Waals surface area contributed by atoms with Gasteiger partial charge < -0.3 is 4.74 Å². The minimum absolute atomic E-state index is 0.188. The van der Waals surface area contributed by atoms with Crippen molar-refractivity contribution in [3.63, 3.8) is 0 Å². The maximum Gasteiger partial charge on any atom is 0.424 e. The van der Waals surface area contributed by atoms with Crippen molar-refractivity contribution in [3.05, 3.63) is 0 Å². The second kappa shape index (κ2) is 4.62. The molecule has 5 nitrogen and oxygen atoms in total. The molecule has 0 aromatic heterocycles. The second-order valence-electron chi connectivity index (χ2n) is 6.66. The van der Waals surface area contributed by atoms with Gasteiger partial charge in [-0.25, -0.2) is 4.79 Å². The van der Waals surface area contributed by atoms with Crippen molar-refractivity contribution in [2.75, 3.05) is 0 Å². The quantitative estimate of drug-likeness (QED) is 0.633. The number of carbonyl (C=O) groups is 3. The Labute approximate surface area is 113 Å². The maximum absolute atomic E-state index is 12.1. The van der Waals surface area contributed by atoms with Crippen LogP contribution in [0.3, 0.4) is 0 Å². The molecule has 1 saturated heterocycles. The Morgan fingerprint density at radius 3 is 2.00 bits per heavy atom. The second-order valence-corrected chi connectivity index (χ2v) is 6.66. The van der Waals surface area contributed by atoms with Crippen molar-refractivity contribution in [1.82, 2.24) is 4.90 Å². The number of nitrogens with zero attached hydrogens (tertiary/aromatic N) is 1. The van der Waals surface area contributed by atoms with Crippen molar-refractivity contribution < 1.29 is 19.1 Å². The van der Waals surface area contributed by atoms with E-state index in [2.05, 4.69) is 0 Å². The van der Waals surface area contributed by atoms with Gasteiger partial charge in [-0.3, -0.25) is 9.59 Å². The fourth-order valence-electron chi connectivity index (χ4n) is 2.99. The summed E-state index contributed by atoms with van der Waals surface area (Å²) in [5, 5.41) is 0. The van der Waals surface area contributed by atoms with Crippen LogP contribution in [0, 0.1) is 5.41 Å². The summed E-state index contributed by atoms with van der Waals surface area (Å²) >= 11 is 0. The van der Waals surface area contributed by atoms with E-state index in [0.717, 1.165) is 25.7 Å². The summed E-state index contributed by atoms with van der Waals surface area (Å²) in [5.74, 6) is -0.820. The average Bonchev–Trinajstić information content (AvgIpc) is 2.61. The molecule has 0 aromatic carbocycles. The van der Waals surface area contributed by atoms with E-state index in [4.69, 9.17) is 4.74 Å². The number of imide groups is 3. The summed E-state index contributed by atoms with van der Waals surface area (Å²) in [5.41, 5.74) is -0.896. The summed E-state index contributed by atoms with van der Waals surface area (Å²) < 4.78 is 5.11. The lowest BCUT2D eigenvalue weighted by atomic mass is 9.76. The Bertz CT molecular complexity index is 396. The molecular formula is C14H21NO4. The molecule has 0 unspecified atom stereocenters. The molecule has 19 heavy (non-hydrogen) atoms. The highest BCUT2D eigenvalue weighted by Crippen LogP contribution is 2.47. The minimum atomic E-state index is -0.838. The highest BCUT2D eigenvalue weighted by Gasteiger charge is 2.48. The van der Waals surface area contributed by atoms with Crippen LogP contribution in [0.2, 0.25) is 0 Å². The number of ether oxygens (including phenoxy) is 1. The van der Waals surface area contributed by atoms with E-state index >= 15 is 0 Å². The minimum Gasteiger partial charge on any atom is -0.443 e. The van der Waals surface area contributed by atoms with E-state index < -0.39 is 23.5 Å². The molecule has 1 aliphatic heterocycles. The first-order chi connectivity index (χ1) is 8.72. The molecule has 1 heterocycles. The molecule has 2 aliphatic rings. The van der Waals surface area contributed by atoms with Crippen molar-refractivity contribution in [2.24, 2.45) is 5.41 Å². The highest BCUT2D eigenvalue weighted by molar-refractivity contribution is 6.10. The number of rotatable bonds is 0. The van der Waals surface area contributed by atoms with Crippen LogP contribution in [0.25, 0.3) is 0 Å². The van der Waals surface area contributed by atoms with Crippen molar-refractivity contribution in [2.45, 2.75) is 64.9 Å². The molecule has 0 atom stereocenters. The molecule has 0 bridgehead atoms. The molecule has 1 saturated carbocycles.